The first kappa shape index (κ1) is 14.2. The molecule has 100 valence electrons. The lowest BCUT2D eigenvalue weighted by molar-refractivity contribution is 0.572. The molecule has 0 aromatic carbocycles. The highest BCUT2D eigenvalue weighted by Gasteiger charge is 2.12. The fraction of sp³-hybridized carbons (Fsp3) is 0.583. The Morgan fingerprint density at radius 3 is 2.44 bits per heavy atom. The first-order valence-electron chi connectivity index (χ1n) is 6.37. The summed E-state index contributed by atoms with van der Waals surface area (Å²) in [5.74, 6) is 0. The molecule has 0 bridgehead atoms. The van der Waals surface area contributed by atoms with Gasteiger partial charge in [0.15, 0.2) is 5.65 Å². The number of nitrogens with zero attached hydrogens (tertiary/aromatic N) is 3. The molecule has 1 N–H and O–H groups in total. The standard InChI is InChI=1S/C10H14N4O2.C2H6/c1-3-5-14-9(15)7-8(12-6-11-7)13(4-2)10(14)16;1-2/h6H,3-5H2,1-2H3,(H,11,12);1-2H3. The van der Waals surface area contributed by atoms with Gasteiger partial charge in [0.2, 0.25) is 0 Å². The predicted octanol–water partition coefficient (Wildman–Crippen LogP) is 1.34. The van der Waals surface area contributed by atoms with Crippen LogP contribution in [0.2, 0.25) is 0 Å². The van der Waals surface area contributed by atoms with Crippen LogP contribution in [0.4, 0.5) is 0 Å². The molecule has 0 aliphatic heterocycles. The van der Waals surface area contributed by atoms with Gasteiger partial charge >= 0.3 is 5.69 Å². The average molecular weight is 252 g/mol. The monoisotopic (exact) mass is 252 g/mol. The zero-order valence-corrected chi connectivity index (χ0v) is 11.4. The Hall–Kier alpha value is -1.85. The molecule has 0 radical (unpaired) electrons. The number of aromatic amines is 1. The molecule has 0 spiro atoms. The largest absolute Gasteiger partial charge is 0.339 e. The molecule has 0 atom stereocenters. The highest BCUT2D eigenvalue weighted by Crippen LogP contribution is 2.00. The summed E-state index contributed by atoms with van der Waals surface area (Å²) in [5, 5.41) is 0. The lowest BCUT2D eigenvalue weighted by Crippen LogP contribution is -2.39. The maximum Gasteiger partial charge on any atom is 0.332 e. The predicted molar refractivity (Wildman–Crippen MR) is 71.9 cm³/mol. The quantitative estimate of drug-likeness (QED) is 0.896. The number of aryl methyl sites for hydroxylation is 1. The van der Waals surface area contributed by atoms with Crippen molar-refractivity contribution in [2.45, 2.75) is 47.2 Å². The van der Waals surface area contributed by atoms with Crippen LogP contribution in [0.5, 0.6) is 0 Å². The highest BCUT2D eigenvalue weighted by atomic mass is 16.2. The van der Waals surface area contributed by atoms with E-state index in [0.29, 0.717) is 24.3 Å². The molecule has 0 amide bonds. The van der Waals surface area contributed by atoms with Gasteiger partial charge in [-0.15, -0.1) is 0 Å². The van der Waals surface area contributed by atoms with Crippen LogP contribution in [0.1, 0.15) is 34.1 Å². The molecule has 0 saturated heterocycles. The van der Waals surface area contributed by atoms with Crippen molar-refractivity contribution in [3.63, 3.8) is 0 Å². The number of hydrogen-bond acceptors (Lipinski definition) is 3. The number of H-pyrrole nitrogens is 1. The van der Waals surface area contributed by atoms with Gasteiger partial charge in [0.1, 0.15) is 5.52 Å². The van der Waals surface area contributed by atoms with E-state index >= 15 is 0 Å². The molecule has 2 aromatic rings. The molecule has 2 aromatic heterocycles. The van der Waals surface area contributed by atoms with Crippen LogP contribution >= 0.6 is 0 Å². The maximum atomic E-state index is 12.0. The topological polar surface area (TPSA) is 72.7 Å². The second-order valence-electron chi connectivity index (χ2n) is 3.58. The van der Waals surface area contributed by atoms with E-state index in [1.807, 2.05) is 27.7 Å². The van der Waals surface area contributed by atoms with Gasteiger partial charge in [0.05, 0.1) is 6.33 Å². The molecule has 2 heterocycles. The summed E-state index contributed by atoms with van der Waals surface area (Å²) in [5.41, 5.74) is 0.262. The molecule has 0 aliphatic rings. The minimum absolute atomic E-state index is 0.283. The van der Waals surface area contributed by atoms with Gasteiger partial charge in [-0.1, -0.05) is 20.8 Å². The fourth-order valence-corrected chi connectivity index (χ4v) is 1.81. The van der Waals surface area contributed by atoms with Crippen LogP contribution in [0.3, 0.4) is 0 Å². The maximum absolute atomic E-state index is 12.0. The Bertz CT molecular complexity index is 621. The van der Waals surface area contributed by atoms with Crippen molar-refractivity contribution in [3.8, 4) is 0 Å². The SMILES string of the molecule is CC.CCCn1c(=O)c2[nH]cnc2n(CC)c1=O. The minimum Gasteiger partial charge on any atom is -0.339 e. The minimum atomic E-state index is -0.288. The number of imidazole rings is 1. The van der Waals surface area contributed by atoms with Gasteiger partial charge in [-0.2, -0.15) is 0 Å². The number of fused-ring (bicyclic) bond motifs is 1. The van der Waals surface area contributed by atoms with Crippen LogP contribution in [0.15, 0.2) is 15.9 Å². The Morgan fingerprint density at radius 2 is 1.89 bits per heavy atom. The summed E-state index contributed by atoms with van der Waals surface area (Å²) in [7, 11) is 0. The third kappa shape index (κ3) is 2.23. The smallest absolute Gasteiger partial charge is 0.332 e. The Labute approximate surface area is 105 Å². The van der Waals surface area contributed by atoms with Crippen molar-refractivity contribution >= 4 is 11.2 Å². The number of rotatable bonds is 3. The van der Waals surface area contributed by atoms with Crippen molar-refractivity contribution in [2.75, 3.05) is 0 Å². The molecule has 2 rings (SSSR count). The first-order chi connectivity index (χ1) is 8.70. The molecule has 6 nitrogen and oxygen atoms in total. The van der Waals surface area contributed by atoms with Crippen molar-refractivity contribution in [2.24, 2.45) is 0 Å². The Kier molecular flexibility index (Phi) is 4.88. The van der Waals surface area contributed by atoms with Gasteiger partial charge in [-0.05, 0) is 13.3 Å². The molecule has 0 unspecified atom stereocenters. The van der Waals surface area contributed by atoms with Crippen molar-refractivity contribution in [1.29, 1.82) is 0 Å². The first-order valence-corrected chi connectivity index (χ1v) is 6.37. The molecule has 0 saturated carbocycles. The lowest BCUT2D eigenvalue weighted by atomic mass is 10.4. The van der Waals surface area contributed by atoms with Gasteiger partial charge in [-0.25, -0.2) is 9.78 Å². The molecular formula is C12H20N4O2. The fourth-order valence-electron chi connectivity index (χ4n) is 1.81. The van der Waals surface area contributed by atoms with Gasteiger partial charge in [0, 0.05) is 13.1 Å². The second-order valence-corrected chi connectivity index (χ2v) is 3.58. The number of nitrogens with one attached hydrogen (secondary N) is 1. The zero-order chi connectivity index (χ0) is 13.7. The second kappa shape index (κ2) is 6.18. The van der Waals surface area contributed by atoms with Crippen LogP contribution in [0, 0.1) is 0 Å². The van der Waals surface area contributed by atoms with E-state index in [1.165, 1.54) is 15.5 Å². The zero-order valence-electron chi connectivity index (χ0n) is 11.4. The summed E-state index contributed by atoms with van der Waals surface area (Å²) < 4.78 is 2.76. The van der Waals surface area contributed by atoms with Crippen molar-refractivity contribution in [1.82, 2.24) is 19.1 Å². The van der Waals surface area contributed by atoms with Crippen LogP contribution in [0.25, 0.3) is 11.2 Å². The molecule has 6 heteroatoms. The molecule has 18 heavy (non-hydrogen) atoms. The van der Waals surface area contributed by atoms with Gasteiger partial charge in [-0.3, -0.25) is 13.9 Å². The number of aromatic nitrogens is 4. The normalized spacial score (nSPS) is 10.2. The lowest BCUT2D eigenvalue weighted by Gasteiger charge is -2.08. The van der Waals surface area contributed by atoms with E-state index in [-0.39, 0.29) is 11.2 Å². The summed E-state index contributed by atoms with van der Waals surface area (Å²) in [6, 6.07) is 0. The van der Waals surface area contributed by atoms with Gasteiger partial charge < -0.3 is 4.98 Å². The van der Waals surface area contributed by atoms with Crippen molar-refractivity contribution in [3.05, 3.63) is 27.2 Å². The summed E-state index contributed by atoms with van der Waals surface area (Å²) in [4.78, 5) is 30.7. The highest BCUT2D eigenvalue weighted by molar-refractivity contribution is 5.68. The summed E-state index contributed by atoms with van der Waals surface area (Å²) in [6.45, 7) is 8.73. The molecule has 0 fully saturated rings. The number of hydrogen-bond donors (Lipinski definition) is 1. The van der Waals surface area contributed by atoms with E-state index in [2.05, 4.69) is 9.97 Å². The Morgan fingerprint density at radius 1 is 1.22 bits per heavy atom. The van der Waals surface area contributed by atoms with E-state index in [9.17, 15) is 9.59 Å². The Balaban J connectivity index is 0.000000771. The van der Waals surface area contributed by atoms with E-state index in [1.54, 1.807) is 0 Å². The summed E-state index contributed by atoms with van der Waals surface area (Å²) in [6.07, 6.45) is 2.19. The molecular weight excluding hydrogens is 232 g/mol. The molecule has 0 aliphatic carbocycles. The van der Waals surface area contributed by atoms with E-state index in [4.69, 9.17) is 0 Å². The third-order valence-corrected chi connectivity index (χ3v) is 2.56. The average Bonchev–Trinajstić information content (AvgIpc) is 2.87. The van der Waals surface area contributed by atoms with E-state index < -0.39 is 0 Å². The van der Waals surface area contributed by atoms with Crippen LogP contribution < -0.4 is 11.2 Å². The van der Waals surface area contributed by atoms with Crippen LogP contribution in [-0.4, -0.2) is 19.1 Å². The van der Waals surface area contributed by atoms with Crippen molar-refractivity contribution < 1.29 is 0 Å². The summed E-state index contributed by atoms with van der Waals surface area (Å²) >= 11 is 0. The third-order valence-electron chi connectivity index (χ3n) is 2.56. The van der Waals surface area contributed by atoms with Crippen LogP contribution in [-0.2, 0) is 13.1 Å². The van der Waals surface area contributed by atoms with E-state index in [0.717, 1.165) is 6.42 Å². The van der Waals surface area contributed by atoms with Gasteiger partial charge in [0.25, 0.3) is 5.56 Å².